The van der Waals surface area contributed by atoms with E-state index in [-0.39, 0.29) is 40.1 Å². The maximum Gasteiger partial charge on any atom is 0.410 e. The van der Waals surface area contributed by atoms with Gasteiger partial charge in [0.15, 0.2) is 11.7 Å². The van der Waals surface area contributed by atoms with E-state index in [1.807, 2.05) is 0 Å². The molecule has 5 rings (SSSR count). The Hall–Kier alpha value is -2.57. The number of fused-ring (bicyclic) bond motifs is 2. The summed E-state index contributed by atoms with van der Waals surface area (Å²) in [5.74, 6) is -1.45. The minimum Gasteiger partial charge on any atom is -0.462 e. The van der Waals surface area contributed by atoms with E-state index in [0.717, 1.165) is 32.4 Å². The van der Waals surface area contributed by atoms with E-state index in [2.05, 4.69) is 31.7 Å². The van der Waals surface area contributed by atoms with Gasteiger partial charge in [-0.1, -0.05) is 39.7 Å². The lowest BCUT2D eigenvalue weighted by atomic mass is 9.97. The third-order valence-electron chi connectivity index (χ3n) is 6.41. The Morgan fingerprint density at radius 2 is 2.03 bits per heavy atom. The summed E-state index contributed by atoms with van der Waals surface area (Å²) in [6.07, 6.45) is -2.60. The number of halogens is 5. The number of aromatic nitrogens is 2. The van der Waals surface area contributed by atoms with Crippen LogP contribution < -0.4 is 10.6 Å². The molecule has 2 unspecified atom stereocenters. The van der Waals surface area contributed by atoms with E-state index >= 15 is 0 Å². The Balaban J connectivity index is 1.49. The van der Waals surface area contributed by atoms with Crippen molar-refractivity contribution in [2.24, 2.45) is 0 Å². The SMILES string of the molecule is CCOC(=O)c1c(NC(=O)c2nn3c(c2Cl)NC(c2ccc(Br)cc2)CC3C(F)(F)F)sc2c1CCC2. The molecule has 3 heterocycles. The number of amides is 1. The number of hydrogen-bond donors (Lipinski definition) is 2. The van der Waals surface area contributed by atoms with Crippen molar-refractivity contribution in [3.8, 4) is 0 Å². The summed E-state index contributed by atoms with van der Waals surface area (Å²) >= 11 is 11.0. The first-order valence-corrected chi connectivity index (χ1v) is 13.6. The van der Waals surface area contributed by atoms with Gasteiger partial charge >= 0.3 is 12.1 Å². The quantitative estimate of drug-likeness (QED) is 0.303. The third-order valence-corrected chi connectivity index (χ3v) is 8.50. The van der Waals surface area contributed by atoms with Gasteiger partial charge in [0.05, 0.1) is 18.2 Å². The molecule has 2 atom stereocenters. The van der Waals surface area contributed by atoms with Crippen molar-refractivity contribution in [3.05, 3.63) is 61.0 Å². The number of aryl methyl sites for hydroxylation is 1. The van der Waals surface area contributed by atoms with E-state index in [0.29, 0.717) is 12.0 Å². The van der Waals surface area contributed by atoms with Crippen LogP contribution in [-0.2, 0) is 17.6 Å². The van der Waals surface area contributed by atoms with Gasteiger partial charge in [0, 0.05) is 15.8 Å². The molecular weight excluding hydrogens is 597 g/mol. The number of alkyl halides is 3. The molecule has 0 saturated carbocycles. The molecule has 7 nitrogen and oxygen atoms in total. The monoisotopic (exact) mass is 616 g/mol. The molecule has 2 aliphatic rings. The van der Waals surface area contributed by atoms with Gasteiger partial charge in [0.2, 0.25) is 0 Å². The van der Waals surface area contributed by atoms with E-state index in [9.17, 15) is 22.8 Å². The third kappa shape index (κ3) is 4.86. The molecule has 0 saturated heterocycles. The maximum atomic E-state index is 14.1. The van der Waals surface area contributed by atoms with E-state index in [1.54, 1.807) is 31.2 Å². The summed E-state index contributed by atoms with van der Waals surface area (Å²) in [6, 6.07) is 4.23. The molecule has 1 amide bonds. The zero-order valence-electron chi connectivity index (χ0n) is 19.4. The van der Waals surface area contributed by atoms with Crippen LogP contribution in [-0.4, -0.2) is 34.4 Å². The smallest absolute Gasteiger partial charge is 0.410 e. The van der Waals surface area contributed by atoms with Gasteiger partial charge < -0.3 is 15.4 Å². The van der Waals surface area contributed by atoms with Gasteiger partial charge in [-0.05, 0) is 49.4 Å². The van der Waals surface area contributed by atoms with Gasteiger partial charge in [0.25, 0.3) is 5.91 Å². The lowest BCUT2D eigenvalue weighted by Crippen LogP contribution is -2.35. The Morgan fingerprint density at radius 1 is 1.30 bits per heavy atom. The highest BCUT2D eigenvalue weighted by Crippen LogP contribution is 2.47. The molecule has 2 aromatic heterocycles. The normalized spacial score (nSPS) is 18.6. The lowest BCUT2D eigenvalue weighted by Gasteiger charge is -2.33. The number of nitrogens with one attached hydrogen (secondary N) is 2. The number of anilines is 2. The maximum absolute atomic E-state index is 14.1. The van der Waals surface area contributed by atoms with Crippen molar-refractivity contribution in [1.29, 1.82) is 0 Å². The Bertz CT molecular complexity index is 1370. The predicted molar refractivity (Wildman–Crippen MR) is 138 cm³/mol. The number of carbonyl (C=O) groups is 2. The average molecular weight is 618 g/mol. The fourth-order valence-electron chi connectivity index (χ4n) is 4.72. The van der Waals surface area contributed by atoms with Gasteiger partial charge in [-0.25, -0.2) is 9.48 Å². The van der Waals surface area contributed by atoms with Gasteiger partial charge in [-0.15, -0.1) is 11.3 Å². The molecule has 1 aromatic carbocycles. The zero-order valence-corrected chi connectivity index (χ0v) is 22.6. The number of nitrogens with zero attached hydrogens (tertiary/aromatic N) is 2. The number of carbonyl (C=O) groups excluding carboxylic acids is 2. The standard InChI is InChI=1S/C24H21BrClF3N4O3S/c1-2-36-23(35)17-13-4-3-5-15(13)37-22(17)31-21(34)19-18(26)20-30-14(11-6-8-12(25)9-7-11)10-16(24(27,28)29)33(20)32-19/h6-9,14,16,30H,2-5,10H2,1H3,(H,31,34). The van der Waals surface area contributed by atoms with Crippen LogP contribution in [0.1, 0.15) is 68.7 Å². The highest BCUT2D eigenvalue weighted by atomic mass is 79.9. The number of thiophene rings is 1. The highest BCUT2D eigenvalue weighted by molar-refractivity contribution is 9.10. The van der Waals surface area contributed by atoms with E-state index < -0.39 is 30.1 Å². The number of ether oxygens (including phenoxy) is 1. The Labute approximate surface area is 227 Å². The van der Waals surface area contributed by atoms with Crippen LogP contribution in [0, 0.1) is 0 Å². The van der Waals surface area contributed by atoms with Crippen molar-refractivity contribution < 1.29 is 27.5 Å². The predicted octanol–water partition coefficient (Wildman–Crippen LogP) is 6.94. The summed E-state index contributed by atoms with van der Waals surface area (Å²) in [7, 11) is 0. The second-order valence-electron chi connectivity index (χ2n) is 8.73. The zero-order chi connectivity index (χ0) is 26.5. The molecule has 0 spiro atoms. The molecule has 0 radical (unpaired) electrons. The average Bonchev–Trinajstić information content (AvgIpc) is 3.51. The molecule has 1 aliphatic carbocycles. The van der Waals surface area contributed by atoms with Crippen LogP contribution in [0.15, 0.2) is 28.7 Å². The summed E-state index contributed by atoms with van der Waals surface area (Å²) in [6.45, 7) is 1.85. The molecule has 196 valence electrons. The largest absolute Gasteiger partial charge is 0.462 e. The minimum atomic E-state index is -4.63. The van der Waals surface area contributed by atoms with Crippen LogP contribution in [0.25, 0.3) is 0 Å². The lowest BCUT2D eigenvalue weighted by molar-refractivity contribution is -0.173. The van der Waals surface area contributed by atoms with Crippen molar-refractivity contribution in [3.63, 3.8) is 0 Å². The van der Waals surface area contributed by atoms with Gasteiger partial charge in [0.1, 0.15) is 15.8 Å². The van der Waals surface area contributed by atoms with Crippen LogP contribution in [0.2, 0.25) is 5.02 Å². The summed E-state index contributed by atoms with van der Waals surface area (Å²) < 4.78 is 48.9. The fraction of sp³-hybridized carbons (Fsp3) is 0.375. The van der Waals surface area contributed by atoms with Gasteiger partial charge in [-0.2, -0.15) is 18.3 Å². The van der Waals surface area contributed by atoms with Crippen molar-refractivity contribution in [2.45, 2.75) is 50.9 Å². The van der Waals surface area contributed by atoms with Crippen LogP contribution in [0.4, 0.5) is 24.0 Å². The second-order valence-corrected chi connectivity index (χ2v) is 11.1. The van der Waals surface area contributed by atoms with E-state index in [1.165, 1.54) is 11.3 Å². The summed E-state index contributed by atoms with van der Waals surface area (Å²) in [5.41, 5.74) is 1.40. The molecular formula is C24H21BrClF3N4O3S. The van der Waals surface area contributed by atoms with Crippen molar-refractivity contribution in [1.82, 2.24) is 9.78 Å². The first kappa shape index (κ1) is 26.1. The molecule has 0 bridgehead atoms. The van der Waals surface area contributed by atoms with Crippen molar-refractivity contribution >= 4 is 61.6 Å². The summed E-state index contributed by atoms with van der Waals surface area (Å²) in [4.78, 5) is 26.8. The minimum absolute atomic E-state index is 0.0902. The Morgan fingerprint density at radius 3 is 2.70 bits per heavy atom. The number of rotatable bonds is 5. The number of esters is 1. The Kier molecular flexibility index (Phi) is 7.01. The van der Waals surface area contributed by atoms with Crippen molar-refractivity contribution in [2.75, 3.05) is 17.2 Å². The van der Waals surface area contributed by atoms with Crippen LogP contribution in [0.3, 0.4) is 0 Å². The molecule has 3 aromatic rings. The second kappa shape index (κ2) is 9.95. The molecule has 0 fully saturated rings. The van der Waals surface area contributed by atoms with Crippen LogP contribution >= 0.6 is 38.9 Å². The first-order chi connectivity index (χ1) is 17.6. The molecule has 2 N–H and O–H groups in total. The first-order valence-electron chi connectivity index (χ1n) is 11.6. The van der Waals surface area contributed by atoms with Crippen LogP contribution in [0.5, 0.6) is 0 Å². The molecule has 37 heavy (non-hydrogen) atoms. The molecule has 1 aliphatic heterocycles. The fourth-order valence-corrected chi connectivity index (χ4v) is 6.52. The number of benzene rings is 1. The van der Waals surface area contributed by atoms with Gasteiger partial charge in [-0.3, -0.25) is 4.79 Å². The van der Waals surface area contributed by atoms with E-state index in [4.69, 9.17) is 16.3 Å². The number of hydrogen-bond acceptors (Lipinski definition) is 6. The molecule has 13 heteroatoms. The highest BCUT2D eigenvalue weighted by Gasteiger charge is 2.48. The summed E-state index contributed by atoms with van der Waals surface area (Å²) in [5, 5.41) is 9.71. The topological polar surface area (TPSA) is 85.2 Å².